The van der Waals surface area contributed by atoms with Crippen LogP contribution in [0, 0.1) is 48.2 Å². The van der Waals surface area contributed by atoms with Gasteiger partial charge in [-0.25, -0.2) is 0 Å². The van der Waals surface area contributed by atoms with Crippen molar-refractivity contribution in [2.24, 2.45) is 0 Å². The van der Waals surface area contributed by atoms with Gasteiger partial charge in [0.15, 0.2) is 0 Å². The van der Waals surface area contributed by atoms with Gasteiger partial charge in [-0.15, -0.1) is 0 Å². The number of fused-ring (bicyclic) bond motifs is 1. The Hall–Kier alpha value is -4.62. The average Bonchev–Trinajstić information content (AvgIpc) is 3.88. The van der Waals surface area contributed by atoms with Crippen LogP contribution in [0.4, 0.5) is 11.4 Å². The van der Waals surface area contributed by atoms with Crippen LogP contribution in [0.2, 0.25) is 0 Å². The van der Waals surface area contributed by atoms with E-state index < -0.39 is 21.4 Å². The maximum absolute atomic E-state index is 6.19. The summed E-state index contributed by atoms with van der Waals surface area (Å²) in [5.74, 6) is 0. The van der Waals surface area contributed by atoms with Gasteiger partial charge in [-0.2, -0.15) is 6.67 Å². The molecule has 0 bridgehead atoms. The summed E-state index contributed by atoms with van der Waals surface area (Å²) in [4.78, 5) is 4.81. The Labute approximate surface area is 379 Å². The molecule has 0 spiro atoms. The van der Waals surface area contributed by atoms with Crippen LogP contribution in [0.1, 0.15) is 57.5 Å². The fraction of sp³-hybridized carbons (Fsp3) is 0.164. The SMILES string of the molecule is C.Cc1cc(C)c(N2[CH-]N(c3c(C)cc(C)cc3C)CC2)c(C)c1.[Cl][Ru]([Cl])=[C]1C=C(c2ccccc2)c2ccccc21.c1ccc([PH+](c2ccccc2)c2ccccc2)cc1. The fourth-order valence-corrected chi connectivity index (χ4v) is 13.6. The number of halogens is 2. The number of nitrogens with zero attached hydrogens (tertiary/aromatic N) is 2. The Morgan fingerprint density at radius 3 is 1.20 bits per heavy atom. The molecule has 0 saturated carbocycles. The van der Waals surface area contributed by atoms with Gasteiger partial charge in [-0.1, -0.05) is 97.4 Å². The first-order valence-corrected chi connectivity index (χ1v) is 27.2. The van der Waals surface area contributed by atoms with E-state index in [0.29, 0.717) is 0 Å². The molecule has 1 saturated heterocycles. The maximum atomic E-state index is 6.19. The van der Waals surface area contributed by atoms with Crippen LogP contribution in [0.3, 0.4) is 0 Å². The number of hydrogen-bond donors (Lipinski definition) is 0. The molecule has 1 aliphatic heterocycles. The summed E-state index contributed by atoms with van der Waals surface area (Å²) in [6.45, 7) is 17.6. The maximum Gasteiger partial charge on any atom is 0.102 e. The van der Waals surface area contributed by atoms with Gasteiger partial charge in [0.2, 0.25) is 0 Å². The van der Waals surface area contributed by atoms with E-state index in [1.807, 2.05) is 24.3 Å². The van der Waals surface area contributed by atoms with Gasteiger partial charge in [-0.3, -0.25) is 0 Å². The van der Waals surface area contributed by atoms with Crippen molar-refractivity contribution in [2.45, 2.75) is 49.0 Å². The van der Waals surface area contributed by atoms with Crippen molar-refractivity contribution in [3.8, 4) is 0 Å². The molecule has 1 heterocycles. The summed E-state index contributed by atoms with van der Waals surface area (Å²) in [6.07, 6.45) is 2.15. The molecule has 0 amide bonds. The molecule has 0 N–H and O–H groups in total. The molecule has 1 fully saturated rings. The van der Waals surface area contributed by atoms with E-state index in [2.05, 4.69) is 210 Å². The molecular formula is C55H57Cl2N2PRu. The topological polar surface area (TPSA) is 6.48 Å². The summed E-state index contributed by atoms with van der Waals surface area (Å²) < 4.78 is 1.12. The van der Waals surface area contributed by atoms with Crippen LogP contribution < -0.4 is 25.7 Å². The van der Waals surface area contributed by atoms with E-state index in [-0.39, 0.29) is 7.43 Å². The fourth-order valence-electron chi connectivity index (χ4n) is 8.57. The van der Waals surface area contributed by atoms with Crippen LogP contribution in [-0.4, -0.2) is 17.2 Å². The van der Waals surface area contributed by atoms with E-state index >= 15 is 0 Å². The molecule has 0 radical (unpaired) electrons. The number of allylic oxidation sites excluding steroid dienone is 1. The zero-order valence-electron chi connectivity index (χ0n) is 35.2. The van der Waals surface area contributed by atoms with Gasteiger partial charge in [0.1, 0.15) is 15.9 Å². The van der Waals surface area contributed by atoms with Crippen LogP contribution in [0.15, 0.2) is 176 Å². The van der Waals surface area contributed by atoms with E-state index in [1.165, 1.54) is 82.9 Å². The van der Waals surface area contributed by atoms with Crippen molar-refractivity contribution in [1.29, 1.82) is 0 Å². The second-order valence-electron chi connectivity index (χ2n) is 15.5. The quantitative estimate of drug-likeness (QED) is 0.0931. The Kier molecular flexibility index (Phi) is 16.1. The molecule has 0 aromatic heterocycles. The molecule has 0 atom stereocenters. The minimum Gasteiger partial charge on any atom is -0.0620 e. The number of anilines is 2. The molecule has 2 nitrogen and oxygen atoms in total. The first-order chi connectivity index (χ1) is 29.1. The molecule has 9 rings (SSSR count). The number of aryl methyl sites for hydroxylation is 6. The molecular weight excluding hydrogens is 892 g/mol. The molecule has 6 heteroatoms. The third-order valence-electron chi connectivity index (χ3n) is 10.9. The first-order valence-electron chi connectivity index (χ1n) is 20.4. The third kappa shape index (κ3) is 11.1. The predicted octanol–water partition coefficient (Wildman–Crippen LogP) is 13.4. The summed E-state index contributed by atoms with van der Waals surface area (Å²) >= 11 is -1.88. The summed E-state index contributed by atoms with van der Waals surface area (Å²) in [7, 11) is 11.5. The summed E-state index contributed by atoms with van der Waals surface area (Å²) in [5, 5.41) is 4.31. The second-order valence-corrected chi connectivity index (χ2v) is 23.8. The van der Waals surface area contributed by atoms with Gasteiger partial charge in [0.05, 0.1) is 7.92 Å². The molecule has 314 valence electrons. The van der Waals surface area contributed by atoms with Gasteiger partial charge in [0.25, 0.3) is 0 Å². The zero-order chi connectivity index (χ0) is 42.2. The van der Waals surface area contributed by atoms with Crippen molar-refractivity contribution in [2.75, 3.05) is 22.9 Å². The first kappa shape index (κ1) is 45.9. The Balaban J connectivity index is 0.000000153. The van der Waals surface area contributed by atoms with Crippen LogP contribution in [0.25, 0.3) is 5.57 Å². The smallest absolute Gasteiger partial charge is 0.0620 e. The minimum absolute atomic E-state index is 0. The van der Waals surface area contributed by atoms with Crippen LogP contribution in [0.5, 0.6) is 0 Å². The summed E-state index contributed by atoms with van der Waals surface area (Å²) in [5.41, 5.74) is 15.7. The van der Waals surface area contributed by atoms with Gasteiger partial charge in [-0.05, 0) is 100 Å². The molecule has 7 aromatic carbocycles. The Morgan fingerprint density at radius 2 is 0.820 bits per heavy atom. The van der Waals surface area contributed by atoms with Gasteiger partial charge < -0.3 is 9.80 Å². The van der Waals surface area contributed by atoms with Gasteiger partial charge in [0, 0.05) is 24.5 Å². The minimum atomic E-state index is -1.88. The molecule has 2 aliphatic rings. The van der Waals surface area contributed by atoms with Crippen LogP contribution in [-0.2, 0) is 13.5 Å². The van der Waals surface area contributed by atoms with E-state index in [0.717, 1.165) is 17.2 Å². The zero-order valence-corrected chi connectivity index (χ0v) is 39.5. The number of benzene rings is 7. The predicted molar refractivity (Wildman–Crippen MR) is 269 cm³/mol. The standard InChI is InChI=1S/C21H27N2.C18H15P.C15H10.CH4.2ClH.Ru/c1-14-9-16(3)20(17(4)10-14)22-7-8-23(13-22)21-18(5)11-15(2)12-19(21)6;1-4-10-16(11-5-1)19(17-12-6-2-7-13-17)18-14-8-3-9-15-18;1-2-6-12(7-3-1)15-11-10-13-8-4-5-9-14(13)15;;;;/h9-13H,7-8H2,1-6H3;1-15H;1-9,11H;1H4;2*1H;/q-1;;;;;;+2/p-1. The van der Waals surface area contributed by atoms with Crippen LogP contribution >= 0.6 is 27.3 Å². The largest absolute Gasteiger partial charge is 0.102 e. The number of rotatable bonds is 6. The average molecular weight is 949 g/mol. The van der Waals surface area contributed by atoms with E-state index in [9.17, 15) is 0 Å². The van der Waals surface area contributed by atoms with Crippen molar-refractivity contribution in [3.05, 3.63) is 233 Å². The van der Waals surface area contributed by atoms with Gasteiger partial charge >= 0.3 is 120 Å². The molecule has 1 aliphatic carbocycles. The normalized spacial score (nSPS) is 13.0. The van der Waals surface area contributed by atoms with Crippen molar-refractivity contribution >= 4 is 64.3 Å². The van der Waals surface area contributed by atoms with E-state index in [1.54, 1.807) is 0 Å². The second kappa shape index (κ2) is 21.5. The molecule has 0 unspecified atom stereocenters. The van der Waals surface area contributed by atoms with Crippen molar-refractivity contribution < 1.29 is 13.5 Å². The molecule has 7 aromatic rings. The van der Waals surface area contributed by atoms with Crippen molar-refractivity contribution in [3.63, 3.8) is 0 Å². The Morgan fingerprint density at radius 1 is 0.475 bits per heavy atom. The van der Waals surface area contributed by atoms with E-state index in [4.69, 9.17) is 19.4 Å². The van der Waals surface area contributed by atoms with Crippen molar-refractivity contribution in [1.82, 2.24) is 0 Å². The Bertz CT molecular complexity index is 2400. The molecule has 61 heavy (non-hydrogen) atoms. The summed E-state index contributed by atoms with van der Waals surface area (Å²) in [6, 6.07) is 60.3. The third-order valence-corrected chi connectivity index (χ3v) is 16.7. The number of hydrogen-bond acceptors (Lipinski definition) is 2. The monoisotopic (exact) mass is 948 g/mol.